The predicted octanol–water partition coefficient (Wildman–Crippen LogP) is 1.04. The lowest BCUT2D eigenvalue weighted by Gasteiger charge is -2.40. The van der Waals surface area contributed by atoms with Gasteiger partial charge in [-0.25, -0.2) is 0 Å². The van der Waals surface area contributed by atoms with Crippen molar-refractivity contribution < 1.29 is 14.7 Å². The van der Waals surface area contributed by atoms with Gasteiger partial charge in [-0.05, 0) is 26.2 Å². The molecule has 0 aromatic rings. The van der Waals surface area contributed by atoms with E-state index in [1.54, 1.807) is 19.0 Å². The molecule has 1 unspecified atom stereocenters. The normalized spacial score (nSPS) is 21.3. The molecule has 1 atom stereocenters. The van der Waals surface area contributed by atoms with Crippen LogP contribution < -0.4 is 0 Å². The van der Waals surface area contributed by atoms with Gasteiger partial charge in [-0.2, -0.15) is 0 Å². The van der Waals surface area contributed by atoms with Gasteiger partial charge in [-0.3, -0.25) is 14.5 Å². The van der Waals surface area contributed by atoms with Gasteiger partial charge in [0.2, 0.25) is 5.91 Å². The largest absolute Gasteiger partial charge is 0.481 e. The van der Waals surface area contributed by atoms with E-state index in [2.05, 4.69) is 4.90 Å². The third-order valence-electron chi connectivity index (χ3n) is 4.23. The number of aliphatic carboxylic acids is 1. The molecule has 0 bridgehead atoms. The summed E-state index contributed by atoms with van der Waals surface area (Å²) < 4.78 is 0. The molecule has 1 rings (SSSR count). The minimum atomic E-state index is -0.698. The number of carbonyl (C=O) groups excluding carboxylic acids is 1. The van der Waals surface area contributed by atoms with Crippen molar-refractivity contribution in [2.45, 2.75) is 39.2 Å². The lowest BCUT2D eigenvalue weighted by atomic mass is 9.76. The van der Waals surface area contributed by atoms with Gasteiger partial charge in [0.05, 0.1) is 11.5 Å². The molecule has 1 heterocycles. The van der Waals surface area contributed by atoms with Gasteiger partial charge in [-0.15, -0.1) is 0 Å². The number of piperidine rings is 1. The Morgan fingerprint density at radius 1 is 1.33 bits per heavy atom. The lowest BCUT2D eigenvalue weighted by Crippen LogP contribution is -2.51. The van der Waals surface area contributed by atoms with E-state index in [1.165, 1.54) is 0 Å². The van der Waals surface area contributed by atoms with Crippen LogP contribution in [0.3, 0.4) is 0 Å². The highest BCUT2D eigenvalue weighted by atomic mass is 16.4. The van der Waals surface area contributed by atoms with Crippen LogP contribution in [0.5, 0.6) is 0 Å². The molecule has 5 heteroatoms. The van der Waals surface area contributed by atoms with Gasteiger partial charge < -0.3 is 10.0 Å². The van der Waals surface area contributed by atoms with E-state index in [-0.39, 0.29) is 11.9 Å². The molecular formula is C13H24N2O3. The number of hydrogen-bond donors (Lipinski definition) is 1. The Morgan fingerprint density at radius 2 is 1.83 bits per heavy atom. The van der Waals surface area contributed by atoms with Gasteiger partial charge in [-0.1, -0.05) is 6.92 Å². The van der Waals surface area contributed by atoms with Crippen LogP contribution in [0, 0.1) is 5.41 Å². The zero-order valence-electron chi connectivity index (χ0n) is 11.8. The first-order valence-corrected chi connectivity index (χ1v) is 6.52. The number of carboxylic acid groups (broad SMARTS) is 1. The van der Waals surface area contributed by atoms with E-state index >= 15 is 0 Å². The van der Waals surface area contributed by atoms with Gasteiger partial charge >= 0.3 is 5.97 Å². The number of nitrogens with zero attached hydrogens (tertiary/aromatic N) is 2. The highest BCUT2D eigenvalue weighted by Crippen LogP contribution is 2.35. The van der Waals surface area contributed by atoms with Crippen LogP contribution in [-0.4, -0.2) is 60.0 Å². The van der Waals surface area contributed by atoms with E-state index in [1.807, 2.05) is 13.8 Å². The third-order valence-corrected chi connectivity index (χ3v) is 4.23. The second-order valence-corrected chi connectivity index (χ2v) is 5.38. The van der Waals surface area contributed by atoms with Crippen LogP contribution in [0.4, 0.5) is 0 Å². The maximum Gasteiger partial charge on any atom is 0.309 e. The van der Waals surface area contributed by atoms with Crippen LogP contribution >= 0.6 is 0 Å². The summed E-state index contributed by atoms with van der Waals surface area (Å²) in [6.07, 6.45) is 1.92. The Morgan fingerprint density at radius 3 is 2.17 bits per heavy atom. The van der Waals surface area contributed by atoms with E-state index in [4.69, 9.17) is 0 Å². The monoisotopic (exact) mass is 256 g/mol. The van der Waals surface area contributed by atoms with Crippen molar-refractivity contribution in [1.29, 1.82) is 0 Å². The van der Waals surface area contributed by atoms with Gasteiger partial charge in [0.1, 0.15) is 0 Å². The predicted molar refractivity (Wildman–Crippen MR) is 69.3 cm³/mol. The summed E-state index contributed by atoms with van der Waals surface area (Å²) in [6.45, 7) is 5.18. The van der Waals surface area contributed by atoms with Crippen molar-refractivity contribution in [1.82, 2.24) is 9.80 Å². The smallest absolute Gasteiger partial charge is 0.309 e. The summed E-state index contributed by atoms with van der Waals surface area (Å²) in [6, 6.07) is -0.163. The average Bonchev–Trinajstić information content (AvgIpc) is 2.36. The molecule has 0 saturated carbocycles. The van der Waals surface area contributed by atoms with Crippen molar-refractivity contribution in [2.75, 3.05) is 27.2 Å². The molecule has 1 fully saturated rings. The number of likely N-dealkylation sites (tertiary alicyclic amines) is 1. The van der Waals surface area contributed by atoms with Crippen LogP contribution in [0.1, 0.15) is 33.1 Å². The van der Waals surface area contributed by atoms with Crippen LogP contribution in [0.25, 0.3) is 0 Å². The fourth-order valence-electron chi connectivity index (χ4n) is 2.59. The Balaban J connectivity index is 2.64. The highest BCUT2D eigenvalue weighted by Gasteiger charge is 2.41. The molecule has 0 radical (unpaired) electrons. The number of carboxylic acids is 1. The number of rotatable bonds is 4. The minimum Gasteiger partial charge on any atom is -0.481 e. The summed E-state index contributed by atoms with van der Waals surface area (Å²) in [5.41, 5.74) is -0.586. The summed E-state index contributed by atoms with van der Waals surface area (Å²) in [5.74, 6) is -0.620. The molecular weight excluding hydrogens is 232 g/mol. The first-order chi connectivity index (χ1) is 8.34. The molecule has 1 N–H and O–H groups in total. The third kappa shape index (κ3) is 2.83. The second-order valence-electron chi connectivity index (χ2n) is 5.38. The molecule has 0 aromatic carbocycles. The number of likely N-dealkylation sites (N-methyl/N-ethyl adjacent to an activating group) is 1. The maximum absolute atomic E-state index is 11.9. The molecule has 1 amide bonds. The van der Waals surface area contributed by atoms with Crippen molar-refractivity contribution in [3.8, 4) is 0 Å². The molecule has 0 spiro atoms. The Bertz CT molecular complexity index is 320. The molecule has 5 nitrogen and oxygen atoms in total. The van der Waals surface area contributed by atoms with Crippen molar-refractivity contribution in [2.24, 2.45) is 5.41 Å². The summed E-state index contributed by atoms with van der Waals surface area (Å²) >= 11 is 0. The zero-order chi connectivity index (χ0) is 13.9. The van der Waals surface area contributed by atoms with Gasteiger partial charge in [0.25, 0.3) is 0 Å². The molecule has 0 aliphatic carbocycles. The zero-order valence-corrected chi connectivity index (χ0v) is 11.8. The first kappa shape index (κ1) is 15.0. The molecule has 104 valence electrons. The lowest BCUT2D eigenvalue weighted by molar-refractivity contribution is -0.153. The van der Waals surface area contributed by atoms with E-state index < -0.39 is 11.4 Å². The SMILES string of the molecule is CCC1(C(=O)O)CCN(C(C)C(=O)N(C)C)CC1. The Kier molecular flexibility index (Phi) is 4.73. The molecule has 1 saturated heterocycles. The maximum atomic E-state index is 11.9. The summed E-state index contributed by atoms with van der Waals surface area (Å²) in [5, 5.41) is 9.32. The summed E-state index contributed by atoms with van der Waals surface area (Å²) in [7, 11) is 3.49. The quantitative estimate of drug-likeness (QED) is 0.816. The number of hydrogen-bond acceptors (Lipinski definition) is 3. The van der Waals surface area contributed by atoms with Crippen molar-refractivity contribution >= 4 is 11.9 Å². The topological polar surface area (TPSA) is 60.9 Å². The minimum absolute atomic E-state index is 0.0781. The molecule has 1 aliphatic rings. The molecule has 0 aromatic heterocycles. The van der Waals surface area contributed by atoms with Crippen LogP contribution in [0.2, 0.25) is 0 Å². The van der Waals surface area contributed by atoms with E-state index in [9.17, 15) is 14.7 Å². The highest BCUT2D eigenvalue weighted by molar-refractivity contribution is 5.81. The molecule has 18 heavy (non-hydrogen) atoms. The standard InChI is InChI=1S/C13H24N2O3/c1-5-13(12(17)18)6-8-15(9-7-13)10(2)11(16)14(3)4/h10H,5-9H2,1-4H3,(H,17,18). The summed E-state index contributed by atoms with van der Waals surface area (Å²) in [4.78, 5) is 26.9. The van der Waals surface area contributed by atoms with Crippen molar-refractivity contribution in [3.05, 3.63) is 0 Å². The van der Waals surface area contributed by atoms with Crippen LogP contribution in [0.15, 0.2) is 0 Å². The number of amides is 1. The van der Waals surface area contributed by atoms with Gasteiger partial charge in [0.15, 0.2) is 0 Å². The Hall–Kier alpha value is -1.10. The van der Waals surface area contributed by atoms with Gasteiger partial charge in [0, 0.05) is 27.2 Å². The number of carbonyl (C=O) groups is 2. The fraction of sp³-hybridized carbons (Fsp3) is 0.846. The Labute approximate surface area is 109 Å². The molecule has 1 aliphatic heterocycles. The average molecular weight is 256 g/mol. The fourth-order valence-corrected chi connectivity index (χ4v) is 2.59. The second kappa shape index (κ2) is 5.69. The van der Waals surface area contributed by atoms with E-state index in [0.717, 1.165) is 0 Å². The van der Waals surface area contributed by atoms with E-state index in [0.29, 0.717) is 32.4 Å². The van der Waals surface area contributed by atoms with Crippen molar-refractivity contribution in [3.63, 3.8) is 0 Å². The van der Waals surface area contributed by atoms with Crippen LogP contribution in [-0.2, 0) is 9.59 Å². The first-order valence-electron chi connectivity index (χ1n) is 6.52.